The number of nitrogens with one attached hydrogen (secondary N) is 2. The van der Waals surface area contributed by atoms with Gasteiger partial charge in [0.05, 0.1) is 6.61 Å². The average molecular weight is 440 g/mol. The van der Waals surface area contributed by atoms with Crippen LogP contribution in [0.3, 0.4) is 0 Å². The van der Waals surface area contributed by atoms with Crippen LogP contribution < -0.4 is 15.4 Å². The van der Waals surface area contributed by atoms with E-state index in [9.17, 15) is 4.39 Å². The molecule has 0 radical (unpaired) electrons. The number of rotatable bonds is 15. The molecule has 6 nitrogen and oxygen atoms in total. The van der Waals surface area contributed by atoms with Gasteiger partial charge in [-0.3, -0.25) is 15.3 Å². The van der Waals surface area contributed by atoms with Crippen LogP contribution in [0.25, 0.3) is 0 Å². The van der Waals surface area contributed by atoms with Gasteiger partial charge in [0.1, 0.15) is 11.6 Å². The van der Waals surface area contributed by atoms with Crippen molar-refractivity contribution in [3.8, 4) is 11.9 Å². The third-order valence-electron chi connectivity index (χ3n) is 5.00. The maximum absolute atomic E-state index is 13.1. The number of hydrogen-bond acceptors (Lipinski definition) is 4. The van der Waals surface area contributed by atoms with E-state index in [4.69, 9.17) is 10.00 Å². The molecule has 0 fully saturated rings. The van der Waals surface area contributed by atoms with Crippen molar-refractivity contribution in [2.45, 2.75) is 64.2 Å². The van der Waals surface area contributed by atoms with Gasteiger partial charge in [0.2, 0.25) is 5.96 Å². The number of nitrogens with zero attached hydrogens (tertiary/aromatic N) is 3. The number of hydrogen-bond donors (Lipinski definition) is 2. The summed E-state index contributed by atoms with van der Waals surface area (Å²) in [6.45, 7) is 1.34. The van der Waals surface area contributed by atoms with Crippen molar-refractivity contribution >= 4 is 11.6 Å². The van der Waals surface area contributed by atoms with Gasteiger partial charge in [-0.25, -0.2) is 4.39 Å². The maximum Gasteiger partial charge on any atom is 0.209 e. The van der Waals surface area contributed by atoms with Crippen LogP contribution in [0.15, 0.2) is 53.8 Å². The number of pyridine rings is 1. The third kappa shape index (κ3) is 11.9. The monoisotopic (exact) mass is 439 g/mol. The first-order valence-electron chi connectivity index (χ1n) is 11.5. The van der Waals surface area contributed by atoms with Crippen LogP contribution in [-0.4, -0.2) is 24.1 Å². The molecule has 1 aromatic carbocycles. The second-order valence-corrected chi connectivity index (χ2v) is 7.67. The van der Waals surface area contributed by atoms with Crippen molar-refractivity contribution < 1.29 is 9.13 Å². The number of guanidine groups is 1. The van der Waals surface area contributed by atoms with E-state index in [-0.39, 0.29) is 5.82 Å². The standard InChI is InChI=1S/C25H34FN5O/c26-22-12-11-13-24(20-22)32-19-10-8-6-4-2-1-3-5-7-9-16-29-25(30-21-27)31-23-14-17-28-18-15-23/h11-15,17-18,20H,1-10,16,19H2,(H2,28,29,30,31). The minimum Gasteiger partial charge on any atom is -0.493 e. The molecule has 2 rings (SSSR count). The highest BCUT2D eigenvalue weighted by atomic mass is 19.1. The molecule has 0 atom stereocenters. The molecule has 0 saturated heterocycles. The van der Waals surface area contributed by atoms with Gasteiger partial charge in [0, 0.05) is 30.7 Å². The zero-order valence-corrected chi connectivity index (χ0v) is 18.7. The van der Waals surface area contributed by atoms with Crippen molar-refractivity contribution in [2.75, 3.05) is 18.5 Å². The predicted octanol–water partition coefficient (Wildman–Crippen LogP) is 6.04. The van der Waals surface area contributed by atoms with Gasteiger partial charge in [-0.1, -0.05) is 57.4 Å². The van der Waals surface area contributed by atoms with Gasteiger partial charge in [-0.05, 0) is 37.1 Å². The quantitative estimate of drug-likeness (QED) is 0.116. The maximum atomic E-state index is 13.1. The summed E-state index contributed by atoms with van der Waals surface area (Å²) >= 11 is 0. The number of ether oxygens (including phenoxy) is 1. The van der Waals surface area contributed by atoms with Crippen LogP contribution >= 0.6 is 0 Å². The summed E-state index contributed by atoms with van der Waals surface area (Å²) in [5.74, 6) is 0.826. The predicted molar refractivity (Wildman–Crippen MR) is 127 cm³/mol. The highest BCUT2D eigenvalue weighted by molar-refractivity contribution is 5.94. The third-order valence-corrected chi connectivity index (χ3v) is 5.00. The Morgan fingerprint density at radius 1 is 0.938 bits per heavy atom. The van der Waals surface area contributed by atoms with Crippen LogP contribution in [0.1, 0.15) is 64.2 Å². The topological polar surface area (TPSA) is 82.3 Å². The van der Waals surface area contributed by atoms with Gasteiger partial charge in [0.15, 0.2) is 6.19 Å². The SMILES string of the molecule is N#CNC(=NCCCCCCCCCCCCOc1cccc(F)c1)Nc1ccncc1. The smallest absolute Gasteiger partial charge is 0.209 e. The molecule has 172 valence electrons. The molecule has 0 aliphatic heterocycles. The van der Waals surface area contributed by atoms with E-state index in [2.05, 4.69) is 20.6 Å². The molecular weight excluding hydrogens is 405 g/mol. The van der Waals surface area contributed by atoms with Gasteiger partial charge in [0.25, 0.3) is 0 Å². The molecule has 7 heteroatoms. The van der Waals surface area contributed by atoms with Crippen molar-refractivity contribution in [3.63, 3.8) is 0 Å². The number of aromatic nitrogens is 1. The zero-order chi connectivity index (χ0) is 22.7. The van der Waals surface area contributed by atoms with Crippen LogP contribution in [-0.2, 0) is 0 Å². The summed E-state index contributed by atoms with van der Waals surface area (Å²) in [5.41, 5.74) is 0.848. The summed E-state index contributed by atoms with van der Waals surface area (Å²) in [7, 11) is 0. The van der Waals surface area contributed by atoms with Crippen LogP contribution in [0.4, 0.5) is 10.1 Å². The fraction of sp³-hybridized carbons (Fsp3) is 0.480. The fourth-order valence-corrected chi connectivity index (χ4v) is 3.30. The number of benzene rings is 1. The Morgan fingerprint density at radius 2 is 1.59 bits per heavy atom. The molecule has 1 heterocycles. The molecule has 0 aliphatic rings. The van der Waals surface area contributed by atoms with Crippen molar-refractivity contribution in [1.82, 2.24) is 10.3 Å². The molecular formula is C25H34FN5O. The molecule has 0 unspecified atom stereocenters. The first-order valence-corrected chi connectivity index (χ1v) is 11.5. The van der Waals surface area contributed by atoms with Crippen molar-refractivity contribution in [3.05, 3.63) is 54.6 Å². The number of anilines is 1. The largest absolute Gasteiger partial charge is 0.493 e. The van der Waals surface area contributed by atoms with E-state index in [1.807, 2.05) is 18.3 Å². The van der Waals surface area contributed by atoms with E-state index < -0.39 is 0 Å². The van der Waals surface area contributed by atoms with E-state index >= 15 is 0 Å². The molecule has 0 bridgehead atoms. The van der Waals surface area contributed by atoms with Crippen LogP contribution in [0.2, 0.25) is 0 Å². The van der Waals surface area contributed by atoms with Crippen molar-refractivity contribution in [1.29, 1.82) is 5.26 Å². The van der Waals surface area contributed by atoms with Crippen molar-refractivity contribution in [2.24, 2.45) is 4.99 Å². The highest BCUT2D eigenvalue weighted by Gasteiger charge is 1.99. The van der Waals surface area contributed by atoms with Crippen LogP contribution in [0.5, 0.6) is 5.75 Å². The molecule has 0 aliphatic carbocycles. The lowest BCUT2D eigenvalue weighted by Gasteiger charge is -2.07. The van der Waals surface area contributed by atoms with Gasteiger partial charge >= 0.3 is 0 Å². The molecule has 0 spiro atoms. The molecule has 0 saturated carbocycles. The molecule has 0 amide bonds. The number of aliphatic imine (C=N–C) groups is 1. The lowest BCUT2D eigenvalue weighted by Crippen LogP contribution is -2.27. The lowest BCUT2D eigenvalue weighted by atomic mass is 10.1. The molecule has 32 heavy (non-hydrogen) atoms. The summed E-state index contributed by atoms with van der Waals surface area (Å²) in [4.78, 5) is 8.41. The molecule has 2 N–H and O–H groups in total. The zero-order valence-electron chi connectivity index (χ0n) is 18.7. The van der Waals surface area contributed by atoms with E-state index in [0.717, 1.165) is 31.4 Å². The van der Waals surface area contributed by atoms with E-state index in [0.29, 0.717) is 24.9 Å². The Kier molecular flexibility index (Phi) is 13.0. The summed E-state index contributed by atoms with van der Waals surface area (Å²) < 4.78 is 18.6. The van der Waals surface area contributed by atoms with E-state index in [1.165, 1.54) is 50.7 Å². The second kappa shape index (κ2) is 16.5. The number of halogens is 1. The minimum atomic E-state index is -0.256. The summed E-state index contributed by atoms with van der Waals surface area (Å²) in [5, 5.41) is 14.5. The summed E-state index contributed by atoms with van der Waals surface area (Å²) in [6, 6.07) is 9.96. The summed E-state index contributed by atoms with van der Waals surface area (Å²) in [6.07, 6.45) is 17.1. The number of unbranched alkanes of at least 4 members (excludes halogenated alkanes) is 9. The highest BCUT2D eigenvalue weighted by Crippen LogP contribution is 2.14. The average Bonchev–Trinajstić information content (AvgIpc) is 2.80. The first kappa shape index (κ1) is 25.1. The number of nitriles is 1. The van der Waals surface area contributed by atoms with Gasteiger partial charge in [-0.2, -0.15) is 5.26 Å². The fourth-order valence-electron chi connectivity index (χ4n) is 3.30. The van der Waals surface area contributed by atoms with Crippen LogP contribution in [0, 0.1) is 17.3 Å². The van der Waals surface area contributed by atoms with Gasteiger partial charge in [-0.15, -0.1) is 0 Å². The first-order chi connectivity index (χ1) is 15.8. The lowest BCUT2D eigenvalue weighted by molar-refractivity contribution is 0.303. The Labute approximate surface area is 190 Å². The van der Waals surface area contributed by atoms with Gasteiger partial charge < -0.3 is 10.1 Å². The van der Waals surface area contributed by atoms with E-state index in [1.54, 1.807) is 24.5 Å². The molecule has 1 aromatic heterocycles. The normalized spacial score (nSPS) is 11.1. The second-order valence-electron chi connectivity index (χ2n) is 7.67. The Balaban J connectivity index is 1.40. The Hall–Kier alpha value is -3.14. The molecule has 2 aromatic rings. The Morgan fingerprint density at radius 3 is 2.25 bits per heavy atom. The Bertz CT molecular complexity index is 823. The minimum absolute atomic E-state index is 0.256.